The minimum atomic E-state index is 0.258. The van der Waals surface area contributed by atoms with E-state index in [-0.39, 0.29) is 5.92 Å². The van der Waals surface area contributed by atoms with Crippen molar-refractivity contribution in [2.24, 2.45) is 5.73 Å². The molecular formula is C11H14N4O. The molecule has 0 fully saturated rings. The van der Waals surface area contributed by atoms with Crippen LogP contribution in [0.4, 0.5) is 0 Å². The summed E-state index contributed by atoms with van der Waals surface area (Å²) in [7, 11) is 0. The van der Waals surface area contributed by atoms with Crippen molar-refractivity contribution in [1.29, 1.82) is 0 Å². The maximum absolute atomic E-state index is 5.52. The van der Waals surface area contributed by atoms with Crippen LogP contribution in [0.3, 0.4) is 0 Å². The number of aromatic nitrogens is 3. The molecule has 0 saturated heterocycles. The Balaban J connectivity index is 2.34. The highest BCUT2D eigenvalue weighted by atomic mass is 16.5. The molecule has 0 unspecified atom stereocenters. The second-order valence-corrected chi connectivity index (χ2v) is 3.85. The Morgan fingerprint density at radius 1 is 1.44 bits per heavy atom. The van der Waals surface area contributed by atoms with Crippen LogP contribution in [0.1, 0.15) is 31.3 Å². The predicted octanol–water partition coefficient (Wildman–Crippen LogP) is 1.71. The lowest BCUT2D eigenvalue weighted by molar-refractivity contribution is 0.419. The van der Waals surface area contributed by atoms with Crippen LogP contribution in [0, 0.1) is 0 Å². The van der Waals surface area contributed by atoms with Gasteiger partial charge in [0.2, 0.25) is 0 Å². The number of hydrogen-bond acceptors (Lipinski definition) is 5. The summed E-state index contributed by atoms with van der Waals surface area (Å²) in [5.41, 5.74) is 7.18. The Hall–Kier alpha value is -1.75. The summed E-state index contributed by atoms with van der Waals surface area (Å²) >= 11 is 0. The van der Waals surface area contributed by atoms with Gasteiger partial charge in [-0.05, 0) is 12.1 Å². The molecule has 5 heteroatoms. The summed E-state index contributed by atoms with van der Waals surface area (Å²) in [5.74, 6) is 1.48. The van der Waals surface area contributed by atoms with E-state index in [2.05, 4.69) is 15.1 Å². The molecule has 2 aromatic heterocycles. The third-order valence-electron chi connectivity index (χ3n) is 2.23. The van der Waals surface area contributed by atoms with Gasteiger partial charge in [-0.3, -0.25) is 4.98 Å². The lowest BCUT2D eigenvalue weighted by Gasteiger charge is -1.97. The molecule has 0 aliphatic carbocycles. The van der Waals surface area contributed by atoms with Crippen LogP contribution < -0.4 is 5.73 Å². The van der Waals surface area contributed by atoms with E-state index < -0.39 is 0 Å². The molecule has 0 bridgehead atoms. The molecule has 0 atom stereocenters. The van der Waals surface area contributed by atoms with E-state index in [9.17, 15) is 0 Å². The average Bonchev–Trinajstić information content (AvgIpc) is 2.78. The zero-order valence-electron chi connectivity index (χ0n) is 9.34. The molecular weight excluding hydrogens is 204 g/mol. The van der Waals surface area contributed by atoms with Crippen molar-refractivity contribution in [2.45, 2.75) is 26.3 Å². The highest BCUT2D eigenvalue weighted by Gasteiger charge is 2.11. The molecule has 0 aromatic carbocycles. The second kappa shape index (κ2) is 4.40. The molecule has 0 amide bonds. The number of rotatable bonds is 3. The molecule has 0 saturated carbocycles. The summed E-state index contributed by atoms with van der Waals surface area (Å²) in [6.07, 6.45) is 1.69. The second-order valence-electron chi connectivity index (χ2n) is 3.85. The minimum absolute atomic E-state index is 0.258. The quantitative estimate of drug-likeness (QED) is 0.848. The van der Waals surface area contributed by atoms with Crippen molar-refractivity contribution in [3.63, 3.8) is 0 Å². The summed E-state index contributed by atoms with van der Waals surface area (Å²) in [4.78, 5) is 8.42. The van der Waals surface area contributed by atoms with Crippen molar-refractivity contribution in [3.8, 4) is 11.5 Å². The van der Waals surface area contributed by atoms with Gasteiger partial charge in [-0.15, -0.1) is 0 Å². The lowest BCUT2D eigenvalue weighted by atomic mass is 10.2. The van der Waals surface area contributed by atoms with Gasteiger partial charge in [0.25, 0.3) is 5.89 Å². The van der Waals surface area contributed by atoms with Crippen LogP contribution in [-0.2, 0) is 6.54 Å². The Bertz CT molecular complexity index is 478. The van der Waals surface area contributed by atoms with Gasteiger partial charge in [0, 0.05) is 24.2 Å². The molecule has 0 aliphatic rings. The van der Waals surface area contributed by atoms with Crippen molar-refractivity contribution in [3.05, 3.63) is 29.8 Å². The van der Waals surface area contributed by atoms with E-state index in [1.807, 2.05) is 26.0 Å². The van der Waals surface area contributed by atoms with Crippen LogP contribution in [-0.4, -0.2) is 15.1 Å². The highest BCUT2D eigenvalue weighted by molar-refractivity contribution is 5.52. The first-order chi connectivity index (χ1) is 7.70. The van der Waals surface area contributed by atoms with E-state index in [4.69, 9.17) is 10.3 Å². The molecule has 2 heterocycles. The Morgan fingerprint density at radius 3 is 2.88 bits per heavy atom. The van der Waals surface area contributed by atoms with Crippen molar-refractivity contribution < 1.29 is 4.52 Å². The third-order valence-corrected chi connectivity index (χ3v) is 2.23. The van der Waals surface area contributed by atoms with Crippen molar-refractivity contribution in [1.82, 2.24) is 15.1 Å². The molecule has 2 rings (SSSR count). The predicted molar refractivity (Wildman–Crippen MR) is 59.5 cm³/mol. The first-order valence-corrected chi connectivity index (χ1v) is 5.19. The number of nitrogens with two attached hydrogens (primary N) is 1. The van der Waals surface area contributed by atoms with Gasteiger partial charge in [-0.25, -0.2) is 0 Å². The Morgan fingerprint density at radius 2 is 2.25 bits per heavy atom. The first-order valence-electron chi connectivity index (χ1n) is 5.19. The van der Waals surface area contributed by atoms with Gasteiger partial charge in [-0.2, -0.15) is 4.98 Å². The molecule has 0 aliphatic heterocycles. The molecule has 2 N–H and O–H groups in total. The van der Waals surface area contributed by atoms with Gasteiger partial charge in [0.15, 0.2) is 5.82 Å². The molecule has 0 spiro atoms. The number of hydrogen-bond donors (Lipinski definition) is 1. The molecule has 5 nitrogen and oxygen atoms in total. The number of pyridine rings is 1. The van der Waals surface area contributed by atoms with Crippen LogP contribution >= 0.6 is 0 Å². The number of nitrogens with zero attached hydrogens (tertiary/aromatic N) is 3. The summed E-state index contributed by atoms with van der Waals surface area (Å²) < 4.78 is 5.18. The van der Waals surface area contributed by atoms with Crippen LogP contribution in [0.25, 0.3) is 11.5 Å². The standard InChI is InChI=1S/C11H14N4O/c1-7(2)10-14-11(16-15-10)8-3-4-13-9(5-8)6-12/h3-5,7H,6,12H2,1-2H3. The van der Waals surface area contributed by atoms with E-state index in [0.29, 0.717) is 18.3 Å². The summed E-state index contributed by atoms with van der Waals surface area (Å²) in [6, 6.07) is 3.69. The summed E-state index contributed by atoms with van der Waals surface area (Å²) in [5, 5.41) is 3.91. The van der Waals surface area contributed by atoms with Crippen molar-refractivity contribution >= 4 is 0 Å². The zero-order chi connectivity index (χ0) is 11.5. The van der Waals surface area contributed by atoms with Crippen LogP contribution in [0.2, 0.25) is 0 Å². The van der Waals surface area contributed by atoms with Crippen LogP contribution in [0.15, 0.2) is 22.9 Å². The first kappa shape index (κ1) is 10.8. The van der Waals surface area contributed by atoms with Gasteiger partial charge in [-0.1, -0.05) is 19.0 Å². The minimum Gasteiger partial charge on any atom is -0.334 e. The van der Waals surface area contributed by atoms with Crippen molar-refractivity contribution in [2.75, 3.05) is 0 Å². The molecule has 0 radical (unpaired) electrons. The van der Waals surface area contributed by atoms with E-state index in [1.165, 1.54) is 0 Å². The van der Waals surface area contributed by atoms with E-state index >= 15 is 0 Å². The maximum Gasteiger partial charge on any atom is 0.258 e. The topological polar surface area (TPSA) is 77.8 Å². The fourth-order valence-electron chi connectivity index (χ4n) is 1.31. The molecule has 2 aromatic rings. The zero-order valence-corrected chi connectivity index (χ0v) is 9.34. The molecule has 16 heavy (non-hydrogen) atoms. The van der Waals surface area contributed by atoms with Crippen LogP contribution in [0.5, 0.6) is 0 Å². The fourth-order valence-corrected chi connectivity index (χ4v) is 1.31. The lowest BCUT2D eigenvalue weighted by Crippen LogP contribution is -1.99. The van der Waals surface area contributed by atoms with E-state index in [0.717, 1.165) is 11.3 Å². The highest BCUT2D eigenvalue weighted by Crippen LogP contribution is 2.19. The van der Waals surface area contributed by atoms with E-state index in [1.54, 1.807) is 6.20 Å². The van der Waals surface area contributed by atoms with Gasteiger partial charge in [0.1, 0.15) is 0 Å². The SMILES string of the molecule is CC(C)c1noc(-c2ccnc(CN)c2)n1. The summed E-state index contributed by atoms with van der Waals surface area (Å²) in [6.45, 7) is 4.44. The third kappa shape index (κ3) is 2.09. The molecule has 84 valence electrons. The van der Waals surface area contributed by atoms with Gasteiger partial charge >= 0.3 is 0 Å². The Kier molecular flexibility index (Phi) is 2.96. The fraction of sp³-hybridized carbons (Fsp3) is 0.364. The Labute approximate surface area is 93.7 Å². The van der Waals surface area contributed by atoms with Gasteiger partial charge in [0.05, 0.1) is 5.69 Å². The monoisotopic (exact) mass is 218 g/mol. The maximum atomic E-state index is 5.52. The average molecular weight is 218 g/mol. The van der Waals surface area contributed by atoms with Gasteiger partial charge < -0.3 is 10.3 Å². The smallest absolute Gasteiger partial charge is 0.258 e. The largest absolute Gasteiger partial charge is 0.334 e. The normalized spacial score (nSPS) is 11.0.